The Morgan fingerprint density at radius 3 is 2.36 bits per heavy atom. The Labute approximate surface area is 132 Å². The molecule has 0 bridgehead atoms. The van der Waals surface area contributed by atoms with Gasteiger partial charge in [0.2, 0.25) is 0 Å². The summed E-state index contributed by atoms with van der Waals surface area (Å²) in [6.45, 7) is 3.76. The molecule has 2 heterocycles. The summed E-state index contributed by atoms with van der Waals surface area (Å²) in [5.41, 5.74) is 1.94. The lowest BCUT2D eigenvalue weighted by molar-refractivity contribution is 0.102. The number of thiazole rings is 1. The zero-order valence-corrected chi connectivity index (χ0v) is 13.0. The normalized spacial score (nSPS) is 10.5. The molecule has 6 heteroatoms. The number of carbonyl (C=O) groups is 1. The van der Waals surface area contributed by atoms with Gasteiger partial charge in [0.05, 0.1) is 23.1 Å². The average Bonchev–Trinajstić information content (AvgIpc) is 2.88. The zero-order chi connectivity index (χ0) is 15.5. The Bertz CT molecular complexity index is 797. The van der Waals surface area contributed by atoms with Gasteiger partial charge in [-0.1, -0.05) is 30.3 Å². The molecular formula is C16H14N4OS. The monoisotopic (exact) mass is 310 g/mol. The lowest BCUT2D eigenvalue weighted by atomic mass is 10.2. The zero-order valence-electron chi connectivity index (χ0n) is 12.2. The molecule has 0 radical (unpaired) electrons. The average molecular weight is 310 g/mol. The molecule has 0 spiro atoms. The second kappa shape index (κ2) is 6.03. The first-order chi connectivity index (χ1) is 10.6. The minimum atomic E-state index is -0.238. The molecule has 0 saturated heterocycles. The first-order valence-electron chi connectivity index (χ1n) is 6.76. The Balaban J connectivity index is 1.76. The van der Waals surface area contributed by atoms with Crippen molar-refractivity contribution in [2.75, 3.05) is 5.32 Å². The van der Waals surface area contributed by atoms with E-state index in [4.69, 9.17) is 0 Å². The van der Waals surface area contributed by atoms with Crippen LogP contribution in [0.1, 0.15) is 20.4 Å². The van der Waals surface area contributed by atoms with E-state index in [0.717, 1.165) is 15.4 Å². The van der Waals surface area contributed by atoms with E-state index in [1.165, 1.54) is 11.3 Å². The maximum absolute atomic E-state index is 12.2. The van der Waals surface area contributed by atoms with Crippen molar-refractivity contribution >= 4 is 22.9 Å². The van der Waals surface area contributed by atoms with Gasteiger partial charge in [0.25, 0.3) is 5.91 Å². The minimum absolute atomic E-state index is 0.238. The summed E-state index contributed by atoms with van der Waals surface area (Å²) in [5, 5.41) is 3.64. The molecule has 0 atom stereocenters. The van der Waals surface area contributed by atoms with Crippen molar-refractivity contribution in [2.24, 2.45) is 0 Å². The van der Waals surface area contributed by atoms with Crippen LogP contribution in [0.25, 0.3) is 11.4 Å². The Morgan fingerprint density at radius 2 is 1.77 bits per heavy atom. The van der Waals surface area contributed by atoms with Gasteiger partial charge in [0.15, 0.2) is 5.82 Å². The number of carbonyl (C=O) groups excluding carboxylic acids is 1. The van der Waals surface area contributed by atoms with E-state index < -0.39 is 0 Å². The maximum atomic E-state index is 12.2. The van der Waals surface area contributed by atoms with Crippen molar-refractivity contribution < 1.29 is 4.79 Å². The van der Waals surface area contributed by atoms with E-state index in [9.17, 15) is 4.79 Å². The second-order valence-corrected chi connectivity index (χ2v) is 6.16. The third kappa shape index (κ3) is 3.01. The van der Waals surface area contributed by atoms with Crippen LogP contribution in [0.5, 0.6) is 0 Å². The molecule has 3 rings (SSSR count). The SMILES string of the molecule is Cc1nc(C(=O)Nc2cnc(-c3ccccc3)nc2)c(C)s1. The molecule has 2 aromatic heterocycles. The molecule has 0 unspecified atom stereocenters. The summed E-state index contributed by atoms with van der Waals surface area (Å²) in [7, 11) is 0. The quantitative estimate of drug-likeness (QED) is 0.804. The van der Waals surface area contributed by atoms with E-state index in [1.807, 2.05) is 44.2 Å². The fourth-order valence-electron chi connectivity index (χ4n) is 2.06. The van der Waals surface area contributed by atoms with Gasteiger partial charge in [0.1, 0.15) is 5.69 Å². The fourth-order valence-corrected chi connectivity index (χ4v) is 2.87. The topological polar surface area (TPSA) is 67.8 Å². The van der Waals surface area contributed by atoms with E-state index >= 15 is 0 Å². The van der Waals surface area contributed by atoms with Crippen LogP contribution >= 0.6 is 11.3 Å². The smallest absolute Gasteiger partial charge is 0.275 e. The van der Waals surface area contributed by atoms with Gasteiger partial charge < -0.3 is 5.32 Å². The minimum Gasteiger partial charge on any atom is -0.318 e. The molecule has 0 aliphatic carbocycles. The summed E-state index contributed by atoms with van der Waals surface area (Å²) in [4.78, 5) is 25.9. The third-order valence-electron chi connectivity index (χ3n) is 3.06. The predicted octanol–water partition coefficient (Wildman–Crippen LogP) is 3.47. The molecule has 0 aliphatic rings. The number of rotatable bonds is 3. The number of aromatic nitrogens is 3. The largest absolute Gasteiger partial charge is 0.318 e. The van der Waals surface area contributed by atoms with Crippen LogP contribution in [-0.4, -0.2) is 20.9 Å². The lowest BCUT2D eigenvalue weighted by Crippen LogP contribution is -2.14. The van der Waals surface area contributed by atoms with E-state index in [2.05, 4.69) is 20.3 Å². The van der Waals surface area contributed by atoms with Crippen molar-refractivity contribution in [3.05, 3.63) is 58.3 Å². The van der Waals surface area contributed by atoms with Gasteiger partial charge in [0, 0.05) is 10.4 Å². The highest BCUT2D eigenvalue weighted by Crippen LogP contribution is 2.18. The number of aryl methyl sites for hydroxylation is 2. The number of hydrogen-bond donors (Lipinski definition) is 1. The molecule has 3 aromatic rings. The highest BCUT2D eigenvalue weighted by Gasteiger charge is 2.14. The summed E-state index contributed by atoms with van der Waals surface area (Å²) >= 11 is 1.50. The lowest BCUT2D eigenvalue weighted by Gasteiger charge is -2.04. The molecule has 1 amide bonds. The molecule has 0 saturated carbocycles. The number of amides is 1. The molecule has 0 aliphatic heterocycles. The summed E-state index contributed by atoms with van der Waals surface area (Å²) in [6.07, 6.45) is 3.20. The van der Waals surface area contributed by atoms with Crippen LogP contribution in [0, 0.1) is 13.8 Å². The van der Waals surface area contributed by atoms with Gasteiger partial charge >= 0.3 is 0 Å². The molecular weight excluding hydrogens is 296 g/mol. The first-order valence-corrected chi connectivity index (χ1v) is 7.58. The highest BCUT2D eigenvalue weighted by atomic mass is 32.1. The van der Waals surface area contributed by atoms with Crippen LogP contribution in [-0.2, 0) is 0 Å². The van der Waals surface area contributed by atoms with Crippen LogP contribution in [0.15, 0.2) is 42.7 Å². The van der Waals surface area contributed by atoms with E-state index in [-0.39, 0.29) is 5.91 Å². The molecule has 1 aromatic carbocycles. The number of benzene rings is 1. The summed E-state index contributed by atoms with van der Waals surface area (Å²) < 4.78 is 0. The Kier molecular flexibility index (Phi) is 3.93. The fraction of sp³-hybridized carbons (Fsp3) is 0.125. The molecule has 0 fully saturated rings. The standard InChI is InChI=1S/C16H14N4OS/c1-10-14(19-11(2)22-10)16(21)20-13-8-17-15(18-9-13)12-6-4-3-5-7-12/h3-9H,1-2H3,(H,20,21). The molecule has 22 heavy (non-hydrogen) atoms. The Hall–Kier alpha value is -2.60. The number of hydrogen-bond acceptors (Lipinski definition) is 5. The van der Waals surface area contributed by atoms with Gasteiger partial charge in [-0.2, -0.15) is 0 Å². The third-order valence-corrected chi connectivity index (χ3v) is 3.95. The molecule has 5 nitrogen and oxygen atoms in total. The van der Waals surface area contributed by atoms with Gasteiger partial charge in [-0.25, -0.2) is 15.0 Å². The Morgan fingerprint density at radius 1 is 1.09 bits per heavy atom. The van der Waals surface area contributed by atoms with Crippen LogP contribution in [0.4, 0.5) is 5.69 Å². The van der Waals surface area contributed by atoms with Crippen LogP contribution in [0.2, 0.25) is 0 Å². The number of nitrogens with zero attached hydrogens (tertiary/aromatic N) is 3. The van der Waals surface area contributed by atoms with Gasteiger partial charge in [-0.05, 0) is 13.8 Å². The van der Waals surface area contributed by atoms with Crippen molar-refractivity contribution in [2.45, 2.75) is 13.8 Å². The van der Waals surface area contributed by atoms with Crippen molar-refractivity contribution in [1.82, 2.24) is 15.0 Å². The van der Waals surface area contributed by atoms with Gasteiger partial charge in [-0.15, -0.1) is 11.3 Å². The van der Waals surface area contributed by atoms with Crippen LogP contribution < -0.4 is 5.32 Å². The van der Waals surface area contributed by atoms with E-state index in [0.29, 0.717) is 17.2 Å². The number of nitrogens with one attached hydrogen (secondary N) is 1. The summed E-state index contributed by atoms with van der Waals surface area (Å²) in [6, 6.07) is 9.68. The van der Waals surface area contributed by atoms with Crippen molar-refractivity contribution in [3.8, 4) is 11.4 Å². The van der Waals surface area contributed by atoms with Gasteiger partial charge in [-0.3, -0.25) is 4.79 Å². The highest BCUT2D eigenvalue weighted by molar-refractivity contribution is 7.11. The maximum Gasteiger partial charge on any atom is 0.275 e. The predicted molar refractivity (Wildman–Crippen MR) is 87.0 cm³/mol. The van der Waals surface area contributed by atoms with E-state index in [1.54, 1.807) is 12.4 Å². The summed E-state index contributed by atoms with van der Waals surface area (Å²) in [5.74, 6) is 0.386. The van der Waals surface area contributed by atoms with Crippen LogP contribution in [0.3, 0.4) is 0 Å². The van der Waals surface area contributed by atoms with Crippen molar-refractivity contribution in [3.63, 3.8) is 0 Å². The molecule has 1 N–H and O–H groups in total. The number of anilines is 1. The van der Waals surface area contributed by atoms with Crippen molar-refractivity contribution in [1.29, 1.82) is 0 Å². The second-order valence-electron chi connectivity index (χ2n) is 4.75. The first kappa shape index (κ1) is 14.3. The molecule has 110 valence electrons.